The summed E-state index contributed by atoms with van der Waals surface area (Å²) in [4.78, 5) is 4.15. The molecule has 0 fully saturated rings. The molecule has 7 nitrogen and oxygen atoms in total. The number of nitrogens with zero attached hydrogens (tertiary/aromatic N) is 2. The Labute approximate surface area is 188 Å². The maximum Gasteiger partial charge on any atom is 0.138 e. The second-order valence-corrected chi connectivity index (χ2v) is 7.67. The van der Waals surface area contributed by atoms with Crippen molar-refractivity contribution >= 4 is 0 Å². The molecule has 4 atom stereocenters. The number of aromatic nitrogens is 2. The fourth-order valence-electron chi connectivity index (χ4n) is 3.58. The third-order valence-electron chi connectivity index (χ3n) is 5.22. The van der Waals surface area contributed by atoms with E-state index in [0.29, 0.717) is 11.4 Å². The Bertz CT molecular complexity index is 1040. The van der Waals surface area contributed by atoms with Gasteiger partial charge in [-0.15, -0.1) is 6.42 Å². The van der Waals surface area contributed by atoms with Crippen molar-refractivity contribution in [2.75, 3.05) is 13.2 Å². The van der Waals surface area contributed by atoms with Gasteiger partial charge in [-0.3, -0.25) is 0 Å². The quantitative estimate of drug-likeness (QED) is 0.364. The summed E-state index contributed by atoms with van der Waals surface area (Å²) in [6.45, 7) is 1.89. The Balaban J connectivity index is 1.94. The molecule has 0 bridgehead atoms. The molecule has 32 heavy (non-hydrogen) atoms. The van der Waals surface area contributed by atoms with E-state index in [-0.39, 0.29) is 19.8 Å². The number of aliphatic hydroxyl groups excluding tert-OH is 3. The molecule has 0 spiro atoms. The van der Waals surface area contributed by atoms with E-state index >= 15 is 0 Å². The van der Waals surface area contributed by atoms with Crippen molar-refractivity contribution < 1.29 is 20.1 Å². The van der Waals surface area contributed by atoms with Crippen LogP contribution in [0.2, 0.25) is 0 Å². The Kier molecular flexibility index (Phi) is 8.17. The highest BCUT2D eigenvalue weighted by molar-refractivity contribution is 5.67. The molecule has 1 aromatic heterocycles. The molecule has 0 radical (unpaired) electrons. The lowest BCUT2D eigenvalue weighted by Crippen LogP contribution is -2.29. The molecule has 168 valence electrons. The van der Waals surface area contributed by atoms with Crippen molar-refractivity contribution in [3.8, 4) is 23.5 Å². The van der Waals surface area contributed by atoms with Crippen LogP contribution >= 0.6 is 0 Å². The van der Waals surface area contributed by atoms with Gasteiger partial charge >= 0.3 is 0 Å². The molecule has 5 N–H and O–H groups in total. The maximum absolute atomic E-state index is 11.1. The summed E-state index contributed by atoms with van der Waals surface area (Å²) in [5.41, 5.74) is 9.19. The number of aliphatic hydroxyl groups is 3. The van der Waals surface area contributed by atoms with E-state index in [4.69, 9.17) is 22.0 Å². The molecule has 3 aromatic rings. The highest BCUT2D eigenvalue weighted by atomic mass is 16.5. The van der Waals surface area contributed by atoms with Crippen LogP contribution in [-0.4, -0.2) is 44.1 Å². The van der Waals surface area contributed by atoms with Crippen LogP contribution in [0.4, 0.5) is 0 Å². The van der Waals surface area contributed by atoms with Gasteiger partial charge in [-0.2, -0.15) is 0 Å². The first-order valence-electron chi connectivity index (χ1n) is 10.4. The van der Waals surface area contributed by atoms with E-state index in [2.05, 4.69) is 10.9 Å². The van der Waals surface area contributed by atoms with Crippen molar-refractivity contribution in [1.29, 1.82) is 0 Å². The molecule has 2 aromatic carbocycles. The molecule has 1 heterocycles. The monoisotopic (exact) mass is 435 g/mol. The van der Waals surface area contributed by atoms with Crippen LogP contribution in [0, 0.1) is 12.3 Å². The second kappa shape index (κ2) is 11.0. The van der Waals surface area contributed by atoms with Crippen molar-refractivity contribution in [2.45, 2.75) is 37.8 Å². The molecule has 0 saturated carbocycles. The molecule has 3 unspecified atom stereocenters. The van der Waals surface area contributed by atoms with Gasteiger partial charge in [0.15, 0.2) is 0 Å². The minimum atomic E-state index is -1.03. The standard InChI is InChI=1S/C25H29N3O4/c1-3-23(28-12-11-27-25(28)17(2)30)24(31)19-9-10-22(18-7-5-4-6-8-18)20(13-19)15-32-16-21(26)14-29/h1,4-13,17,21,23-24,29-31H,14-16,26H2,2H3/t17-,21?,23?,24?/m0/s1. The average Bonchev–Trinajstić information content (AvgIpc) is 3.30. The summed E-state index contributed by atoms with van der Waals surface area (Å²) < 4.78 is 7.33. The average molecular weight is 436 g/mol. The predicted octanol–water partition coefficient (Wildman–Crippen LogP) is 2.35. The minimum absolute atomic E-state index is 0.162. The SMILES string of the molecule is C#CC(C(O)c1ccc(-c2ccccc2)c(COCC(N)CO)c1)n1ccnc1[C@H](C)O. The van der Waals surface area contributed by atoms with E-state index in [9.17, 15) is 10.2 Å². The highest BCUT2D eigenvalue weighted by Crippen LogP contribution is 2.32. The normalized spacial score (nSPS) is 15.0. The van der Waals surface area contributed by atoms with Gasteiger partial charge in [0.25, 0.3) is 0 Å². The molecule has 0 aliphatic heterocycles. The second-order valence-electron chi connectivity index (χ2n) is 7.67. The number of hydrogen-bond acceptors (Lipinski definition) is 6. The Morgan fingerprint density at radius 1 is 1.19 bits per heavy atom. The molecule has 7 heteroatoms. The third kappa shape index (κ3) is 5.43. The Morgan fingerprint density at radius 3 is 2.59 bits per heavy atom. The molecule has 0 aliphatic carbocycles. The first-order chi connectivity index (χ1) is 15.5. The predicted molar refractivity (Wildman–Crippen MR) is 122 cm³/mol. The van der Waals surface area contributed by atoms with Crippen molar-refractivity contribution in [1.82, 2.24) is 9.55 Å². The van der Waals surface area contributed by atoms with Crippen LogP contribution in [0.1, 0.15) is 42.1 Å². The van der Waals surface area contributed by atoms with Gasteiger partial charge in [-0.25, -0.2) is 4.98 Å². The summed E-state index contributed by atoms with van der Waals surface area (Å²) in [7, 11) is 0. The van der Waals surface area contributed by atoms with Crippen molar-refractivity contribution in [3.05, 3.63) is 77.9 Å². The summed E-state index contributed by atoms with van der Waals surface area (Å²) in [5, 5.41) is 30.2. The summed E-state index contributed by atoms with van der Waals surface area (Å²) in [6.07, 6.45) is 7.09. The van der Waals surface area contributed by atoms with Gasteiger partial charge in [0, 0.05) is 12.4 Å². The smallest absolute Gasteiger partial charge is 0.138 e. The van der Waals surface area contributed by atoms with Gasteiger partial charge in [-0.1, -0.05) is 54.5 Å². The number of nitrogens with two attached hydrogens (primary N) is 1. The minimum Gasteiger partial charge on any atom is -0.395 e. The molecule has 3 rings (SSSR count). The fraction of sp³-hybridized carbons (Fsp3) is 0.320. The molecular weight excluding hydrogens is 406 g/mol. The maximum atomic E-state index is 11.1. The largest absolute Gasteiger partial charge is 0.395 e. The molecular formula is C25H29N3O4. The fourth-order valence-corrected chi connectivity index (χ4v) is 3.58. The number of imidazole rings is 1. The van der Waals surface area contributed by atoms with Crippen molar-refractivity contribution in [3.63, 3.8) is 0 Å². The van der Waals surface area contributed by atoms with Crippen LogP contribution in [-0.2, 0) is 11.3 Å². The number of hydrogen-bond donors (Lipinski definition) is 4. The first kappa shape index (κ1) is 23.7. The first-order valence-corrected chi connectivity index (χ1v) is 10.4. The lowest BCUT2D eigenvalue weighted by Gasteiger charge is -2.23. The topological polar surface area (TPSA) is 114 Å². The molecule has 0 amide bonds. The van der Waals surface area contributed by atoms with Crippen LogP contribution in [0.5, 0.6) is 0 Å². The zero-order valence-electron chi connectivity index (χ0n) is 18.0. The van der Waals surface area contributed by atoms with Gasteiger partial charge in [0.2, 0.25) is 0 Å². The zero-order chi connectivity index (χ0) is 23.1. The van der Waals surface area contributed by atoms with Gasteiger partial charge in [0.05, 0.1) is 25.9 Å². The zero-order valence-corrected chi connectivity index (χ0v) is 18.0. The summed E-state index contributed by atoms with van der Waals surface area (Å²) >= 11 is 0. The highest BCUT2D eigenvalue weighted by Gasteiger charge is 2.25. The molecule has 0 aliphatic rings. The van der Waals surface area contributed by atoms with Gasteiger partial charge < -0.3 is 30.4 Å². The van der Waals surface area contributed by atoms with Crippen LogP contribution in [0.15, 0.2) is 60.9 Å². The summed E-state index contributed by atoms with van der Waals surface area (Å²) in [5.74, 6) is 3.00. The van der Waals surface area contributed by atoms with Crippen LogP contribution in [0.25, 0.3) is 11.1 Å². The van der Waals surface area contributed by atoms with E-state index in [1.807, 2.05) is 48.5 Å². The number of rotatable bonds is 10. The lowest BCUT2D eigenvalue weighted by molar-refractivity contribution is 0.0897. The van der Waals surface area contributed by atoms with Crippen LogP contribution in [0.3, 0.4) is 0 Å². The Morgan fingerprint density at radius 2 is 1.94 bits per heavy atom. The van der Waals surface area contributed by atoms with Crippen molar-refractivity contribution in [2.24, 2.45) is 5.73 Å². The molecule has 0 saturated heterocycles. The van der Waals surface area contributed by atoms with E-state index in [1.54, 1.807) is 23.9 Å². The van der Waals surface area contributed by atoms with E-state index in [0.717, 1.165) is 16.7 Å². The van der Waals surface area contributed by atoms with Crippen LogP contribution < -0.4 is 5.73 Å². The lowest BCUT2D eigenvalue weighted by atomic mass is 9.94. The third-order valence-corrected chi connectivity index (χ3v) is 5.22. The van der Waals surface area contributed by atoms with E-state index in [1.165, 1.54) is 0 Å². The van der Waals surface area contributed by atoms with Gasteiger partial charge in [-0.05, 0) is 29.2 Å². The Hall–Kier alpha value is -2.99. The van der Waals surface area contributed by atoms with Gasteiger partial charge in [0.1, 0.15) is 24.1 Å². The number of ether oxygens (including phenoxy) is 1. The number of terminal acetylenes is 1. The van der Waals surface area contributed by atoms with E-state index < -0.39 is 24.3 Å². The number of benzene rings is 2. The summed E-state index contributed by atoms with van der Waals surface area (Å²) in [6, 6.07) is 14.3.